The fourth-order valence-corrected chi connectivity index (χ4v) is 1.80. The normalized spacial score (nSPS) is 20.7. The van der Waals surface area contributed by atoms with Gasteiger partial charge in [-0.2, -0.15) is 0 Å². The van der Waals surface area contributed by atoms with Crippen LogP contribution in [0.5, 0.6) is 5.75 Å². The lowest BCUT2D eigenvalue weighted by Crippen LogP contribution is -2.26. The summed E-state index contributed by atoms with van der Waals surface area (Å²) in [6, 6.07) is 1.77. The molecule has 2 heterocycles. The lowest BCUT2D eigenvalue weighted by molar-refractivity contribution is -0.0114. The predicted octanol–water partition coefficient (Wildman–Crippen LogP) is 1.52. The Hall–Kier alpha value is -1.13. The molecule has 4 nitrogen and oxygen atoms in total. The lowest BCUT2D eigenvalue weighted by Gasteiger charge is -2.23. The first-order valence-corrected chi connectivity index (χ1v) is 5.68. The van der Waals surface area contributed by atoms with Gasteiger partial charge in [-0.3, -0.25) is 4.98 Å². The van der Waals surface area contributed by atoms with Crippen LogP contribution >= 0.6 is 0 Å². The zero-order valence-electron chi connectivity index (χ0n) is 9.26. The van der Waals surface area contributed by atoms with Crippen LogP contribution in [0.1, 0.15) is 24.8 Å². The quantitative estimate of drug-likeness (QED) is 0.840. The van der Waals surface area contributed by atoms with Crippen molar-refractivity contribution >= 4 is 0 Å². The fraction of sp³-hybridized carbons (Fsp3) is 0.583. The van der Waals surface area contributed by atoms with Gasteiger partial charge in [0.1, 0.15) is 12.4 Å². The highest BCUT2D eigenvalue weighted by Gasteiger charge is 2.15. The summed E-state index contributed by atoms with van der Waals surface area (Å²) in [6.07, 6.45) is 6.88. The molecule has 1 unspecified atom stereocenters. The third-order valence-electron chi connectivity index (χ3n) is 2.73. The number of rotatable bonds is 4. The molecule has 1 aliphatic heterocycles. The second kappa shape index (κ2) is 5.82. The second-order valence-electron chi connectivity index (χ2n) is 3.94. The van der Waals surface area contributed by atoms with E-state index in [1.807, 2.05) is 0 Å². The van der Waals surface area contributed by atoms with Gasteiger partial charge in [0, 0.05) is 24.6 Å². The van der Waals surface area contributed by atoms with Crippen molar-refractivity contribution in [2.75, 3.05) is 13.2 Å². The van der Waals surface area contributed by atoms with Crippen molar-refractivity contribution in [3.05, 3.63) is 24.0 Å². The molecule has 88 valence electrons. The van der Waals surface area contributed by atoms with E-state index in [0.717, 1.165) is 25.0 Å². The second-order valence-corrected chi connectivity index (χ2v) is 3.94. The number of ether oxygens (including phenoxy) is 2. The Morgan fingerprint density at radius 3 is 3.19 bits per heavy atom. The minimum absolute atomic E-state index is 0.0469. The highest BCUT2D eigenvalue weighted by molar-refractivity contribution is 5.29. The van der Waals surface area contributed by atoms with E-state index < -0.39 is 0 Å². The number of pyridine rings is 1. The van der Waals surface area contributed by atoms with Gasteiger partial charge in [0.2, 0.25) is 0 Å². The molecular formula is C12H17NO3. The number of hydrogen-bond donors (Lipinski definition) is 1. The SMILES string of the molecule is OCc1cnccc1OCC1CCCCO1. The van der Waals surface area contributed by atoms with Crippen LogP contribution in [0.2, 0.25) is 0 Å². The summed E-state index contributed by atoms with van der Waals surface area (Å²) in [5.74, 6) is 0.701. The Balaban J connectivity index is 1.88. The molecule has 1 saturated heterocycles. The van der Waals surface area contributed by atoms with Gasteiger partial charge in [-0.25, -0.2) is 0 Å². The average Bonchev–Trinajstić information content (AvgIpc) is 2.38. The van der Waals surface area contributed by atoms with Gasteiger partial charge in [0.15, 0.2) is 0 Å². The van der Waals surface area contributed by atoms with E-state index >= 15 is 0 Å². The zero-order valence-corrected chi connectivity index (χ0v) is 9.26. The predicted molar refractivity (Wildman–Crippen MR) is 59.2 cm³/mol. The fourth-order valence-electron chi connectivity index (χ4n) is 1.80. The van der Waals surface area contributed by atoms with Crippen molar-refractivity contribution in [2.45, 2.75) is 32.0 Å². The van der Waals surface area contributed by atoms with Crippen LogP contribution in [0, 0.1) is 0 Å². The summed E-state index contributed by atoms with van der Waals surface area (Å²) in [7, 11) is 0. The van der Waals surface area contributed by atoms with Crippen LogP contribution in [0.25, 0.3) is 0 Å². The van der Waals surface area contributed by atoms with Crippen molar-refractivity contribution in [1.82, 2.24) is 4.98 Å². The molecule has 0 radical (unpaired) electrons. The van der Waals surface area contributed by atoms with E-state index in [9.17, 15) is 0 Å². The van der Waals surface area contributed by atoms with Crippen LogP contribution < -0.4 is 4.74 Å². The topological polar surface area (TPSA) is 51.6 Å². The molecule has 0 aliphatic carbocycles. The monoisotopic (exact) mass is 223 g/mol. The molecule has 1 atom stereocenters. The van der Waals surface area contributed by atoms with Gasteiger partial charge in [0.05, 0.1) is 12.7 Å². The first-order chi connectivity index (χ1) is 7.90. The van der Waals surface area contributed by atoms with Gasteiger partial charge in [0.25, 0.3) is 0 Å². The van der Waals surface area contributed by atoms with Crippen LogP contribution in [0.3, 0.4) is 0 Å². The molecule has 0 spiro atoms. The molecule has 2 rings (SSSR count). The smallest absolute Gasteiger partial charge is 0.128 e. The van der Waals surface area contributed by atoms with E-state index in [0.29, 0.717) is 12.4 Å². The molecular weight excluding hydrogens is 206 g/mol. The molecule has 0 saturated carbocycles. The van der Waals surface area contributed by atoms with E-state index in [-0.39, 0.29) is 12.7 Å². The Kier molecular flexibility index (Phi) is 4.13. The van der Waals surface area contributed by atoms with Crippen LogP contribution in [-0.2, 0) is 11.3 Å². The maximum atomic E-state index is 9.10. The van der Waals surface area contributed by atoms with Gasteiger partial charge >= 0.3 is 0 Å². The standard InChI is InChI=1S/C12H17NO3/c14-8-10-7-13-5-4-12(10)16-9-11-3-1-2-6-15-11/h4-5,7,11,14H,1-3,6,8-9H2. The molecule has 1 aromatic heterocycles. The molecule has 1 aromatic rings. The van der Waals surface area contributed by atoms with Crippen molar-refractivity contribution in [1.29, 1.82) is 0 Å². The van der Waals surface area contributed by atoms with E-state index in [1.165, 1.54) is 6.42 Å². The van der Waals surface area contributed by atoms with Crippen molar-refractivity contribution in [3.63, 3.8) is 0 Å². The molecule has 1 N–H and O–H groups in total. The molecule has 1 fully saturated rings. The average molecular weight is 223 g/mol. The molecule has 16 heavy (non-hydrogen) atoms. The molecule has 0 bridgehead atoms. The maximum Gasteiger partial charge on any atom is 0.128 e. The number of hydrogen-bond acceptors (Lipinski definition) is 4. The lowest BCUT2D eigenvalue weighted by atomic mass is 10.1. The van der Waals surface area contributed by atoms with Crippen LogP contribution in [0.15, 0.2) is 18.5 Å². The zero-order chi connectivity index (χ0) is 11.2. The first-order valence-electron chi connectivity index (χ1n) is 5.68. The van der Waals surface area contributed by atoms with E-state index in [2.05, 4.69) is 4.98 Å². The third kappa shape index (κ3) is 2.93. The minimum atomic E-state index is -0.0469. The third-order valence-corrected chi connectivity index (χ3v) is 2.73. The number of aromatic nitrogens is 1. The van der Waals surface area contributed by atoms with Gasteiger partial charge < -0.3 is 14.6 Å². The van der Waals surface area contributed by atoms with Crippen LogP contribution in [0.4, 0.5) is 0 Å². The number of nitrogens with zero attached hydrogens (tertiary/aromatic N) is 1. The van der Waals surface area contributed by atoms with Crippen molar-refractivity contribution in [2.24, 2.45) is 0 Å². The van der Waals surface area contributed by atoms with Gasteiger partial charge in [-0.15, -0.1) is 0 Å². The van der Waals surface area contributed by atoms with E-state index in [4.69, 9.17) is 14.6 Å². The molecule has 0 aromatic carbocycles. The Morgan fingerprint density at radius 1 is 1.50 bits per heavy atom. The summed E-state index contributed by atoms with van der Waals surface area (Å²) >= 11 is 0. The summed E-state index contributed by atoms with van der Waals surface area (Å²) in [5.41, 5.74) is 0.721. The van der Waals surface area contributed by atoms with Gasteiger partial charge in [-0.1, -0.05) is 0 Å². The summed E-state index contributed by atoms with van der Waals surface area (Å²) in [5, 5.41) is 9.10. The highest BCUT2D eigenvalue weighted by Crippen LogP contribution is 2.19. The maximum absolute atomic E-state index is 9.10. The Labute approximate surface area is 95.2 Å². The summed E-state index contributed by atoms with van der Waals surface area (Å²) in [6.45, 7) is 1.34. The molecule has 1 aliphatic rings. The number of aliphatic hydroxyl groups is 1. The van der Waals surface area contributed by atoms with E-state index in [1.54, 1.807) is 18.5 Å². The molecule has 4 heteroatoms. The first kappa shape index (κ1) is 11.4. The number of aliphatic hydroxyl groups excluding tert-OH is 1. The minimum Gasteiger partial charge on any atom is -0.490 e. The summed E-state index contributed by atoms with van der Waals surface area (Å²) < 4.78 is 11.2. The summed E-state index contributed by atoms with van der Waals surface area (Å²) in [4.78, 5) is 3.94. The van der Waals surface area contributed by atoms with Crippen molar-refractivity contribution < 1.29 is 14.6 Å². The highest BCUT2D eigenvalue weighted by atomic mass is 16.5. The van der Waals surface area contributed by atoms with Gasteiger partial charge in [-0.05, 0) is 25.3 Å². The van der Waals surface area contributed by atoms with Crippen LogP contribution in [-0.4, -0.2) is 29.4 Å². The van der Waals surface area contributed by atoms with Crippen molar-refractivity contribution in [3.8, 4) is 5.75 Å². The Morgan fingerprint density at radius 2 is 2.44 bits per heavy atom. The largest absolute Gasteiger partial charge is 0.490 e. The Bertz CT molecular complexity index is 324. The molecule has 0 amide bonds.